The van der Waals surface area contributed by atoms with Gasteiger partial charge in [0.25, 0.3) is 0 Å². The van der Waals surface area contributed by atoms with Crippen LogP contribution >= 0.6 is 0 Å². The Morgan fingerprint density at radius 2 is 1.95 bits per heavy atom. The van der Waals surface area contributed by atoms with Gasteiger partial charge in [0.1, 0.15) is 18.2 Å². The van der Waals surface area contributed by atoms with Crippen LogP contribution in [0.25, 0.3) is 0 Å². The molecule has 0 heterocycles. The summed E-state index contributed by atoms with van der Waals surface area (Å²) < 4.78 is 18.2. The topological polar surface area (TPSA) is 50.4 Å². The molecule has 2 aromatic carbocycles. The molecule has 2 aromatic rings. The van der Waals surface area contributed by atoms with Gasteiger partial charge in [-0.3, -0.25) is 4.79 Å². The van der Waals surface area contributed by atoms with E-state index >= 15 is 0 Å². The van der Waals surface area contributed by atoms with Crippen LogP contribution in [0.2, 0.25) is 0 Å². The second-order valence-corrected chi connectivity index (χ2v) is 4.54. The average molecular weight is 300 g/mol. The average Bonchev–Trinajstić information content (AvgIpc) is 2.53. The van der Waals surface area contributed by atoms with Crippen LogP contribution in [-0.4, -0.2) is 19.1 Å². The van der Waals surface area contributed by atoms with Crippen molar-refractivity contribution < 1.29 is 13.9 Å². The smallest absolute Gasteiger partial charge is 0.243 e. The van der Waals surface area contributed by atoms with Crippen molar-refractivity contribution in [2.45, 2.75) is 0 Å². The number of rotatable bonds is 7. The first-order valence-electron chi connectivity index (χ1n) is 6.80. The summed E-state index contributed by atoms with van der Waals surface area (Å²) in [7, 11) is 0. The summed E-state index contributed by atoms with van der Waals surface area (Å²) in [6.07, 6.45) is 1.66. The van der Waals surface area contributed by atoms with Crippen molar-refractivity contribution in [3.8, 4) is 5.75 Å². The Morgan fingerprint density at radius 3 is 2.68 bits per heavy atom. The molecule has 0 fully saturated rings. The Labute approximate surface area is 128 Å². The van der Waals surface area contributed by atoms with Gasteiger partial charge >= 0.3 is 0 Å². The van der Waals surface area contributed by atoms with Crippen molar-refractivity contribution in [2.75, 3.05) is 23.8 Å². The Kier molecular flexibility index (Phi) is 5.54. The molecule has 0 saturated carbocycles. The molecule has 114 valence electrons. The fourth-order valence-electron chi connectivity index (χ4n) is 1.77. The molecule has 4 nitrogen and oxygen atoms in total. The monoisotopic (exact) mass is 300 g/mol. The number of halogens is 1. The van der Waals surface area contributed by atoms with Gasteiger partial charge in [0.05, 0.1) is 6.54 Å². The lowest BCUT2D eigenvalue weighted by Crippen LogP contribution is -2.21. The summed E-state index contributed by atoms with van der Waals surface area (Å²) in [5.41, 5.74) is 1.33. The van der Waals surface area contributed by atoms with E-state index in [1.54, 1.807) is 12.1 Å². The number of benzene rings is 2. The molecule has 2 N–H and O–H groups in total. The van der Waals surface area contributed by atoms with Gasteiger partial charge in [0, 0.05) is 17.4 Å². The van der Waals surface area contributed by atoms with Gasteiger partial charge in [0.2, 0.25) is 5.91 Å². The lowest BCUT2D eigenvalue weighted by molar-refractivity contribution is -0.114. The standard InChI is InChI=1S/C17H17FN2O2/c1-2-10-22-16-5-3-4-15(11-16)19-12-17(21)20-14-8-6-13(18)7-9-14/h2-9,11,19H,1,10,12H2,(H,20,21). The van der Waals surface area contributed by atoms with Crippen LogP contribution in [0.3, 0.4) is 0 Å². The molecule has 0 bridgehead atoms. The second-order valence-electron chi connectivity index (χ2n) is 4.54. The van der Waals surface area contributed by atoms with Gasteiger partial charge in [-0.05, 0) is 36.4 Å². The van der Waals surface area contributed by atoms with Gasteiger partial charge < -0.3 is 15.4 Å². The maximum atomic E-state index is 12.8. The third-order valence-corrected chi connectivity index (χ3v) is 2.78. The quantitative estimate of drug-likeness (QED) is 0.770. The van der Waals surface area contributed by atoms with E-state index in [1.807, 2.05) is 18.2 Å². The molecule has 0 radical (unpaired) electrons. The van der Waals surface area contributed by atoms with E-state index in [0.717, 1.165) is 5.69 Å². The van der Waals surface area contributed by atoms with E-state index in [-0.39, 0.29) is 18.3 Å². The number of carbonyl (C=O) groups is 1. The van der Waals surface area contributed by atoms with Crippen molar-refractivity contribution >= 4 is 17.3 Å². The van der Waals surface area contributed by atoms with Crippen LogP contribution in [0, 0.1) is 5.82 Å². The summed E-state index contributed by atoms with van der Waals surface area (Å²) in [5.74, 6) is 0.139. The summed E-state index contributed by atoms with van der Waals surface area (Å²) in [6, 6.07) is 12.9. The molecule has 5 heteroatoms. The van der Waals surface area contributed by atoms with Crippen LogP contribution in [0.15, 0.2) is 61.2 Å². The lowest BCUT2D eigenvalue weighted by atomic mass is 10.3. The number of hydrogen-bond donors (Lipinski definition) is 2. The van der Waals surface area contributed by atoms with Crippen LogP contribution in [-0.2, 0) is 4.79 Å². The largest absolute Gasteiger partial charge is 0.489 e. The number of carbonyl (C=O) groups excluding carboxylic acids is 1. The Bertz CT molecular complexity index is 641. The summed E-state index contributed by atoms with van der Waals surface area (Å²) in [4.78, 5) is 11.8. The van der Waals surface area contributed by atoms with Crippen molar-refractivity contribution in [3.63, 3.8) is 0 Å². The minimum atomic E-state index is -0.340. The van der Waals surface area contributed by atoms with Crippen LogP contribution in [0.4, 0.5) is 15.8 Å². The highest BCUT2D eigenvalue weighted by Crippen LogP contribution is 2.17. The maximum Gasteiger partial charge on any atom is 0.243 e. The van der Waals surface area contributed by atoms with Gasteiger partial charge in [-0.15, -0.1) is 0 Å². The first kappa shape index (κ1) is 15.6. The van der Waals surface area contributed by atoms with Crippen LogP contribution < -0.4 is 15.4 Å². The molecule has 0 saturated heterocycles. The van der Waals surface area contributed by atoms with Gasteiger partial charge in [-0.1, -0.05) is 18.7 Å². The molecule has 0 aliphatic rings. The Balaban J connectivity index is 1.85. The minimum absolute atomic E-state index is 0.0995. The first-order valence-corrected chi connectivity index (χ1v) is 6.80. The predicted molar refractivity (Wildman–Crippen MR) is 85.7 cm³/mol. The SMILES string of the molecule is C=CCOc1cccc(NCC(=O)Nc2ccc(F)cc2)c1. The Hall–Kier alpha value is -2.82. The zero-order valence-electron chi connectivity index (χ0n) is 12.0. The molecule has 2 rings (SSSR count). The fourth-order valence-corrected chi connectivity index (χ4v) is 1.77. The van der Waals surface area contributed by atoms with E-state index in [1.165, 1.54) is 24.3 Å². The highest BCUT2D eigenvalue weighted by atomic mass is 19.1. The van der Waals surface area contributed by atoms with Crippen molar-refractivity contribution in [1.82, 2.24) is 0 Å². The zero-order chi connectivity index (χ0) is 15.8. The predicted octanol–water partition coefficient (Wildman–Crippen LogP) is 3.44. The molecular formula is C17H17FN2O2. The highest BCUT2D eigenvalue weighted by molar-refractivity contribution is 5.93. The van der Waals surface area contributed by atoms with Crippen molar-refractivity contribution in [3.05, 3.63) is 67.0 Å². The van der Waals surface area contributed by atoms with Crippen LogP contribution in [0.1, 0.15) is 0 Å². The lowest BCUT2D eigenvalue weighted by Gasteiger charge is -2.09. The maximum absolute atomic E-state index is 12.8. The highest BCUT2D eigenvalue weighted by Gasteiger charge is 2.03. The molecular weight excluding hydrogens is 283 g/mol. The van der Waals surface area contributed by atoms with E-state index in [2.05, 4.69) is 17.2 Å². The van der Waals surface area contributed by atoms with E-state index in [0.29, 0.717) is 18.0 Å². The molecule has 0 aliphatic heterocycles. The molecule has 0 unspecified atom stereocenters. The summed E-state index contributed by atoms with van der Waals surface area (Å²) in [5, 5.41) is 5.68. The summed E-state index contributed by atoms with van der Waals surface area (Å²) in [6.45, 7) is 4.11. The summed E-state index contributed by atoms with van der Waals surface area (Å²) >= 11 is 0. The van der Waals surface area contributed by atoms with Gasteiger partial charge in [0.15, 0.2) is 0 Å². The van der Waals surface area contributed by atoms with E-state index in [4.69, 9.17) is 4.74 Å². The Morgan fingerprint density at radius 1 is 1.18 bits per heavy atom. The van der Waals surface area contributed by atoms with Crippen molar-refractivity contribution in [2.24, 2.45) is 0 Å². The number of amides is 1. The number of hydrogen-bond acceptors (Lipinski definition) is 3. The molecule has 0 spiro atoms. The zero-order valence-corrected chi connectivity index (χ0v) is 12.0. The third-order valence-electron chi connectivity index (χ3n) is 2.78. The molecule has 22 heavy (non-hydrogen) atoms. The first-order chi connectivity index (χ1) is 10.7. The second kappa shape index (κ2) is 7.83. The fraction of sp³-hybridized carbons (Fsp3) is 0.118. The minimum Gasteiger partial charge on any atom is -0.489 e. The van der Waals surface area contributed by atoms with Gasteiger partial charge in [-0.25, -0.2) is 4.39 Å². The number of ether oxygens (including phenoxy) is 1. The van der Waals surface area contributed by atoms with Crippen LogP contribution in [0.5, 0.6) is 5.75 Å². The normalized spacial score (nSPS) is 9.86. The van der Waals surface area contributed by atoms with Gasteiger partial charge in [-0.2, -0.15) is 0 Å². The van der Waals surface area contributed by atoms with Crippen molar-refractivity contribution in [1.29, 1.82) is 0 Å². The number of anilines is 2. The molecule has 1 amide bonds. The molecule has 0 aliphatic carbocycles. The van der Waals surface area contributed by atoms with E-state index in [9.17, 15) is 9.18 Å². The third kappa shape index (κ3) is 4.94. The molecule has 0 atom stereocenters. The molecule has 0 aromatic heterocycles. The van der Waals surface area contributed by atoms with E-state index < -0.39 is 0 Å². The number of nitrogens with one attached hydrogen (secondary N) is 2.